The maximum atomic E-state index is 12.4. The zero-order valence-electron chi connectivity index (χ0n) is 15.5. The van der Waals surface area contributed by atoms with E-state index in [-0.39, 0.29) is 12.1 Å². The van der Waals surface area contributed by atoms with E-state index >= 15 is 0 Å². The minimum absolute atomic E-state index is 0.147. The fourth-order valence-electron chi connectivity index (χ4n) is 3.11. The number of likely N-dealkylation sites (tertiary alicyclic amines) is 1. The van der Waals surface area contributed by atoms with Gasteiger partial charge in [0.25, 0.3) is 0 Å². The monoisotopic (exact) mass is 336 g/mol. The fraction of sp³-hybridized carbons (Fsp3) is 0.778. The van der Waals surface area contributed by atoms with Gasteiger partial charge in [-0.2, -0.15) is 0 Å². The summed E-state index contributed by atoms with van der Waals surface area (Å²) >= 11 is 0. The molecule has 6 heteroatoms. The number of piperidine rings is 1. The molecular weight excluding hydrogens is 304 g/mol. The number of carbonyl (C=O) groups excluding carboxylic acids is 1. The van der Waals surface area contributed by atoms with Gasteiger partial charge in [-0.15, -0.1) is 0 Å². The van der Waals surface area contributed by atoms with Crippen molar-refractivity contribution < 1.29 is 9.53 Å². The van der Waals surface area contributed by atoms with Gasteiger partial charge in [0.2, 0.25) is 0 Å². The summed E-state index contributed by atoms with van der Waals surface area (Å²) in [6.07, 6.45) is 9.42. The summed E-state index contributed by atoms with van der Waals surface area (Å²) in [7, 11) is 1.78. The van der Waals surface area contributed by atoms with Crippen molar-refractivity contribution in [2.45, 2.75) is 70.6 Å². The number of nitrogens with one attached hydrogen (secondary N) is 2. The molecule has 0 aromatic heterocycles. The Labute approximate surface area is 145 Å². The van der Waals surface area contributed by atoms with Gasteiger partial charge in [0.1, 0.15) is 5.60 Å². The zero-order chi connectivity index (χ0) is 17.6. The van der Waals surface area contributed by atoms with Gasteiger partial charge in [-0.05, 0) is 52.9 Å². The number of ether oxygens (including phenoxy) is 1. The van der Waals surface area contributed by atoms with Crippen LogP contribution in [0.2, 0.25) is 0 Å². The van der Waals surface area contributed by atoms with Crippen LogP contribution in [-0.2, 0) is 4.74 Å². The van der Waals surface area contributed by atoms with Crippen molar-refractivity contribution in [3.63, 3.8) is 0 Å². The molecule has 136 valence electrons. The fourth-order valence-corrected chi connectivity index (χ4v) is 3.11. The molecule has 0 aromatic rings. The highest BCUT2D eigenvalue weighted by molar-refractivity contribution is 5.80. The summed E-state index contributed by atoms with van der Waals surface area (Å²) in [4.78, 5) is 18.6. The van der Waals surface area contributed by atoms with Crippen LogP contribution in [0.4, 0.5) is 4.79 Å². The lowest BCUT2D eigenvalue weighted by Gasteiger charge is -2.37. The zero-order valence-corrected chi connectivity index (χ0v) is 15.5. The van der Waals surface area contributed by atoms with E-state index in [1.807, 2.05) is 25.7 Å². The van der Waals surface area contributed by atoms with E-state index in [4.69, 9.17) is 4.74 Å². The van der Waals surface area contributed by atoms with Crippen molar-refractivity contribution in [1.82, 2.24) is 15.5 Å². The molecule has 1 aliphatic heterocycles. The lowest BCUT2D eigenvalue weighted by molar-refractivity contribution is 0.0104. The Morgan fingerprint density at radius 2 is 2.00 bits per heavy atom. The van der Waals surface area contributed by atoms with Crippen molar-refractivity contribution in [1.29, 1.82) is 0 Å². The van der Waals surface area contributed by atoms with E-state index in [2.05, 4.69) is 27.8 Å². The Bertz CT molecular complexity index is 474. The minimum Gasteiger partial charge on any atom is -0.444 e. The Morgan fingerprint density at radius 3 is 2.62 bits per heavy atom. The number of amides is 1. The molecule has 0 bridgehead atoms. The average Bonchev–Trinajstić information content (AvgIpc) is 3.03. The molecule has 1 fully saturated rings. The van der Waals surface area contributed by atoms with Crippen molar-refractivity contribution in [3.05, 3.63) is 12.2 Å². The normalized spacial score (nSPS) is 22.6. The van der Waals surface area contributed by atoms with Gasteiger partial charge >= 0.3 is 6.09 Å². The van der Waals surface area contributed by atoms with Crippen LogP contribution in [0.25, 0.3) is 0 Å². The molecule has 2 aliphatic rings. The van der Waals surface area contributed by atoms with Gasteiger partial charge in [-0.1, -0.05) is 12.2 Å². The molecule has 0 aromatic carbocycles. The van der Waals surface area contributed by atoms with E-state index in [0.717, 1.165) is 44.6 Å². The first-order valence-electron chi connectivity index (χ1n) is 9.01. The number of hydrogen-bond donors (Lipinski definition) is 2. The second-order valence-corrected chi connectivity index (χ2v) is 7.56. The molecular formula is C18H32N4O2. The van der Waals surface area contributed by atoms with Crippen molar-refractivity contribution in [2.24, 2.45) is 4.99 Å². The van der Waals surface area contributed by atoms with E-state index in [1.54, 1.807) is 7.05 Å². The molecule has 24 heavy (non-hydrogen) atoms. The molecule has 1 saturated heterocycles. The Balaban J connectivity index is 1.86. The van der Waals surface area contributed by atoms with Gasteiger partial charge in [0, 0.05) is 26.2 Å². The van der Waals surface area contributed by atoms with Gasteiger partial charge < -0.3 is 20.3 Å². The summed E-state index contributed by atoms with van der Waals surface area (Å²) in [5, 5.41) is 6.80. The molecule has 0 radical (unpaired) electrons. The molecule has 0 spiro atoms. The lowest BCUT2D eigenvalue weighted by Crippen LogP contribution is -2.53. The topological polar surface area (TPSA) is 66.0 Å². The van der Waals surface area contributed by atoms with Crippen molar-refractivity contribution in [3.8, 4) is 0 Å². The first-order chi connectivity index (χ1) is 11.4. The Morgan fingerprint density at radius 1 is 1.29 bits per heavy atom. The standard InChI is InChI=1S/C18H32N4O2/c1-18(2,3)24-17(23)22-12-8-7-11-15(22)13-20-16(19-4)21-14-9-5-6-10-14/h5-6,14-15H,7-13H2,1-4H3,(H2,19,20,21). The van der Waals surface area contributed by atoms with Gasteiger partial charge in [0.15, 0.2) is 5.96 Å². The van der Waals surface area contributed by atoms with E-state index in [1.165, 1.54) is 0 Å². The summed E-state index contributed by atoms with van der Waals surface area (Å²) < 4.78 is 5.55. The predicted molar refractivity (Wildman–Crippen MR) is 97.2 cm³/mol. The molecule has 1 aliphatic carbocycles. The average molecular weight is 336 g/mol. The molecule has 2 rings (SSSR count). The first-order valence-corrected chi connectivity index (χ1v) is 9.01. The highest BCUT2D eigenvalue weighted by Crippen LogP contribution is 2.20. The number of rotatable bonds is 3. The maximum Gasteiger partial charge on any atom is 0.410 e. The Hall–Kier alpha value is -1.72. The second kappa shape index (κ2) is 8.40. The van der Waals surface area contributed by atoms with Crippen molar-refractivity contribution >= 4 is 12.1 Å². The number of carbonyl (C=O) groups is 1. The lowest BCUT2D eigenvalue weighted by atomic mass is 10.0. The first kappa shape index (κ1) is 18.6. The highest BCUT2D eigenvalue weighted by atomic mass is 16.6. The van der Waals surface area contributed by atoms with Gasteiger partial charge in [-0.3, -0.25) is 4.99 Å². The molecule has 6 nitrogen and oxygen atoms in total. The van der Waals surface area contributed by atoms with E-state index in [0.29, 0.717) is 12.6 Å². The van der Waals surface area contributed by atoms with Crippen LogP contribution >= 0.6 is 0 Å². The van der Waals surface area contributed by atoms with Crippen LogP contribution in [0.3, 0.4) is 0 Å². The molecule has 1 amide bonds. The van der Waals surface area contributed by atoms with Crippen LogP contribution in [0.5, 0.6) is 0 Å². The van der Waals surface area contributed by atoms with Crippen LogP contribution in [0, 0.1) is 0 Å². The highest BCUT2D eigenvalue weighted by Gasteiger charge is 2.30. The summed E-state index contributed by atoms with van der Waals surface area (Å²) in [5.41, 5.74) is -0.459. The number of nitrogens with zero attached hydrogens (tertiary/aromatic N) is 2. The number of hydrogen-bond acceptors (Lipinski definition) is 3. The largest absolute Gasteiger partial charge is 0.444 e. The van der Waals surface area contributed by atoms with E-state index in [9.17, 15) is 4.79 Å². The Kier molecular flexibility index (Phi) is 6.52. The SMILES string of the molecule is CN=C(NCC1CCCCN1C(=O)OC(C)(C)C)NC1CC=CC1. The third-order valence-corrected chi connectivity index (χ3v) is 4.33. The number of aliphatic imine (C=N–C) groups is 1. The van der Waals surface area contributed by atoms with Crippen LogP contribution < -0.4 is 10.6 Å². The molecule has 1 heterocycles. The van der Waals surface area contributed by atoms with Crippen LogP contribution in [0.1, 0.15) is 52.9 Å². The minimum atomic E-state index is -0.459. The second-order valence-electron chi connectivity index (χ2n) is 7.56. The summed E-state index contributed by atoms with van der Waals surface area (Å²) in [5.74, 6) is 0.804. The third kappa shape index (κ3) is 5.73. The number of guanidine groups is 1. The molecule has 1 atom stereocenters. The van der Waals surface area contributed by atoms with E-state index < -0.39 is 5.60 Å². The molecule has 0 saturated carbocycles. The van der Waals surface area contributed by atoms with Crippen molar-refractivity contribution in [2.75, 3.05) is 20.1 Å². The molecule has 1 unspecified atom stereocenters. The van der Waals surface area contributed by atoms with Crippen LogP contribution in [-0.4, -0.2) is 54.8 Å². The predicted octanol–water partition coefficient (Wildman–Crippen LogP) is 2.66. The quantitative estimate of drug-likeness (QED) is 0.472. The van der Waals surface area contributed by atoms with Gasteiger partial charge in [-0.25, -0.2) is 4.79 Å². The van der Waals surface area contributed by atoms with Crippen LogP contribution in [0.15, 0.2) is 17.1 Å². The third-order valence-electron chi connectivity index (χ3n) is 4.33. The maximum absolute atomic E-state index is 12.4. The summed E-state index contributed by atoms with van der Waals surface area (Å²) in [6, 6.07) is 0.568. The van der Waals surface area contributed by atoms with Gasteiger partial charge in [0.05, 0.1) is 6.04 Å². The smallest absolute Gasteiger partial charge is 0.410 e. The summed E-state index contributed by atoms with van der Waals surface area (Å²) in [6.45, 7) is 7.18. The molecule has 2 N–H and O–H groups in total.